The van der Waals surface area contributed by atoms with Crippen LogP contribution in [0.5, 0.6) is 0 Å². The van der Waals surface area contributed by atoms with E-state index < -0.39 is 0 Å². The Kier molecular flexibility index (Phi) is 1.82. The van der Waals surface area contributed by atoms with E-state index in [1.54, 1.807) is 6.92 Å². The summed E-state index contributed by atoms with van der Waals surface area (Å²) in [5, 5.41) is 0. The Bertz CT molecular complexity index is 266. The van der Waals surface area contributed by atoms with Crippen LogP contribution in [0, 0.1) is 0 Å². The van der Waals surface area contributed by atoms with Crippen molar-refractivity contribution in [2.24, 2.45) is 5.73 Å². The normalized spacial score (nSPS) is 13.0. The largest absolute Gasteiger partial charge is 0.322 e. The smallest absolute Gasteiger partial charge is 0.250 e. The Morgan fingerprint density at radius 3 is 2.90 bits per heavy atom. The predicted molar refractivity (Wildman–Crippen MR) is 37.5 cm³/mol. The van der Waals surface area contributed by atoms with Gasteiger partial charge in [-0.1, -0.05) is 0 Å². The first-order valence-corrected chi connectivity index (χ1v) is 3.01. The molecule has 0 aliphatic heterocycles. The minimum Gasteiger partial charge on any atom is -0.322 e. The maximum Gasteiger partial charge on any atom is 0.250 e. The fourth-order valence-electron chi connectivity index (χ4n) is 0.617. The van der Waals surface area contributed by atoms with E-state index in [9.17, 15) is 4.79 Å². The molecule has 0 aromatic carbocycles. The molecule has 0 unspecified atom stereocenters. The molecular weight excluding hydrogens is 130 g/mol. The molecule has 1 aromatic heterocycles. The van der Waals surface area contributed by atoms with E-state index in [0.29, 0.717) is 5.82 Å². The van der Waals surface area contributed by atoms with Crippen LogP contribution in [0.2, 0.25) is 0 Å². The van der Waals surface area contributed by atoms with Crippen molar-refractivity contribution in [3.63, 3.8) is 0 Å². The fraction of sp³-hybridized carbons (Fsp3) is 0.333. The molecule has 3 N–H and O–H groups in total. The monoisotopic (exact) mass is 139 g/mol. The van der Waals surface area contributed by atoms with Gasteiger partial charge in [-0.2, -0.15) is 0 Å². The van der Waals surface area contributed by atoms with Gasteiger partial charge in [0.1, 0.15) is 5.82 Å². The van der Waals surface area contributed by atoms with Crippen molar-refractivity contribution in [1.29, 1.82) is 0 Å². The summed E-state index contributed by atoms with van der Waals surface area (Å²) in [4.78, 5) is 17.0. The maximum absolute atomic E-state index is 10.6. The highest BCUT2D eigenvalue weighted by Crippen LogP contribution is 1.95. The summed E-state index contributed by atoms with van der Waals surface area (Å²) in [5.41, 5.74) is 5.29. The zero-order valence-corrected chi connectivity index (χ0v) is 5.66. The molecule has 1 rings (SSSR count). The van der Waals surface area contributed by atoms with E-state index >= 15 is 0 Å². The lowest BCUT2D eigenvalue weighted by atomic mass is 10.3. The zero-order chi connectivity index (χ0) is 7.56. The van der Waals surface area contributed by atoms with Gasteiger partial charge in [0, 0.05) is 12.3 Å². The molecule has 0 amide bonds. The highest BCUT2D eigenvalue weighted by atomic mass is 16.1. The van der Waals surface area contributed by atoms with Gasteiger partial charge in [-0.3, -0.25) is 4.79 Å². The van der Waals surface area contributed by atoms with Crippen LogP contribution in [-0.4, -0.2) is 9.97 Å². The maximum atomic E-state index is 10.6. The average molecular weight is 139 g/mol. The van der Waals surface area contributed by atoms with Gasteiger partial charge in [-0.15, -0.1) is 0 Å². The Balaban J connectivity index is 3.07. The lowest BCUT2D eigenvalue weighted by molar-refractivity contribution is 0.733. The molecule has 1 heterocycles. The van der Waals surface area contributed by atoms with Crippen molar-refractivity contribution in [3.05, 3.63) is 28.4 Å². The Labute approximate surface area is 58.1 Å². The number of rotatable bonds is 1. The third-order valence-corrected chi connectivity index (χ3v) is 1.12. The van der Waals surface area contributed by atoms with Crippen molar-refractivity contribution in [2.45, 2.75) is 13.0 Å². The van der Waals surface area contributed by atoms with Crippen LogP contribution < -0.4 is 11.3 Å². The van der Waals surface area contributed by atoms with Gasteiger partial charge in [0.05, 0.1) is 6.04 Å². The summed E-state index contributed by atoms with van der Waals surface area (Å²) in [6, 6.07) is 1.14. The van der Waals surface area contributed by atoms with E-state index in [-0.39, 0.29) is 11.6 Å². The van der Waals surface area contributed by atoms with Crippen LogP contribution >= 0.6 is 0 Å². The molecule has 0 aliphatic carbocycles. The van der Waals surface area contributed by atoms with Crippen LogP contribution in [0.4, 0.5) is 0 Å². The molecule has 0 spiro atoms. The summed E-state index contributed by atoms with van der Waals surface area (Å²) >= 11 is 0. The quantitative estimate of drug-likeness (QED) is 0.565. The summed E-state index contributed by atoms with van der Waals surface area (Å²) < 4.78 is 0. The summed E-state index contributed by atoms with van der Waals surface area (Å²) in [7, 11) is 0. The molecular formula is C6H9N3O. The van der Waals surface area contributed by atoms with Gasteiger partial charge in [0.2, 0.25) is 0 Å². The molecule has 0 fully saturated rings. The molecule has 0 saturated carbocycles. The van der Waals surface area contributed by atoms with E-state index in [1.807, 2.05) is 0 Å². The highest BCUT2D eigenvalue weighted by molar-refractivity contribution is 4.92. The minimum absolute atomic E-state index is 0.165. The third-order valence-electron chi connectivity index (χ3n) is 1.12. The number of aromatic nitrogens is 2. The number of hydrogen-bond donors (Lipinski definition) is 2. The predicted octanol–water partition coefficient (Wildman–Crippen LogP) is -0.210. The lowest BCUT2D eigenvalue weighted by Gasteiger charge is -2.00. The molecule has 0 bridgehead atoms. The third kappa shape index (κ3) is 1.41. The standard InChI is InChI=1S/C6H9N3O/c1-4(7)6-8-3-2-5(10)9-6/h2-4H,7H2,1H3,(H,8,9,10)/t4-/m0/s1. The Hall–Kier alpha value is -1.16. The van der Waals surface area contributed by atoms with Crippen LogP contribution in [0.1, 0.15) is 18.8 Å². The van der Waals surface area contributed by atoms with Crippen molar-refractivity contribution in [3.8, 4) is 0 Å². The van der Waals surface area contributed by atoms with Crippen LogP contribution in [0.25, 0.3) is 0 Å². The Morgan fingerprint density at radius 2 is 2.50 bits per heavy atom. The Morgan fingerprint density at radius 1 is 1.80 bits per heavy atom. The zero-order valence-electron chi connectivity index (χ0n) is 5.66. The van der Waals surface area contributed by atoms with Gasteiger partial charge in [-0.25, -0.2) is 4.98 Å². The first-order chi connectivity index (χ1) is 4.70. The number of nitrogens with zero attached hydrogens (tertiary/aromatic N) is 1. The molecule has 0 radical (unpaired) electrons. The van der Waals surface area contributed by atoms with E-state index in [4.69, 9.17) is 5.73 Å². The first kappa shape index (κ1) is 6.95. The summed E-state index contributed by atoms with van der Waals surface area (Å²) in [5.74, 6) is 0.521. The van der Waals surface area contributed by atoms with Gasteiger partial charge in [0.15, 0.2) is 0 Å². The molecule has 4 heteroatoms. The minimum atomic E-state index is -0.214. The molecule has 1 atom stereocenters. The lowest BCUT2D eigenvalue weighted by Crippen LogP contribution is -2.15. The SMILES string of the molecule is C[C@H](N)c1nccc(=O)[nH]1. The topological polar surface area (TPSA) is 71.8 Å². The van der Waals surface area contributed by atoms with Gasteiger partial charge in [-0.05, 0) is 6.92 Å². The number of H-pyrrole nitrogens is 1. The van der Waals surface area contributed by atoms with Crippen molar-refractivity contribution >= 4 is 0 Å². The van der Waals surface area contributed by atoms with E-state index in [2.05, 4.69) is 9.97 Å². The second-order valence-electron chi connectivity index (χ2n) is 2.11. The van der Waals surface area contributed by atoms with Crippen molar-refractivity contribution in [1.82, 2.24) is 9.97 Å². The summed E-state index contributed by atoms with van der Waals surface area (Å²) in [6.07, 6.45) is 1.44. The molecule has 0 aliphatic rings. The van der Waals surface area contributed by atoms with Crippen LogP contribution in [0.15, 0.2) is 17.1 Å². The second kappa shape index (κ2) is 2.62. The van der Waals surface area contributed by atoms with Gasteiger partial charge < -0.3 is 10.7 Å². The average Bonchev–Trinajstić information content (AvgIpc) is 1.88. The van der Waals surface area contributed by atoms with Crippen LogP contribution in [0.3, 0.4) is 0 Å². The fourth-order valence-corrected chi connectivity index (χ4v) is 0.617. The van der Waals surface area contributed by atoms with E-state index in [0.717, 1.165) is 0 Å². The van der Waals surface area contributed by atoms with Crippen molar-refractivity contribution < 1.29 is 0 Å². The van der Waals surface area contributed by atoms with E-state index in [1.165, 1.54) is 12.3 Å². The van der Waals surface area contributed by atoms with Gasteiger partial charge in [0.25, 0.3) is 5.56 Å². The summed E-state index contributed by atoms with van der Waals surface area (Å²) in [6.45, 7) is 1.76. The van der Waals surface area contributed by atoms with Gasteiger partial charge >= 0.3 is 0 Å². The molecule has 54 valence electrons. The molecule has 0 saturated heterocycles. The number of hydrogen-bond acceptors (Lipinski definition) is 3. The number of nitrogens with one attached hydrogen (secondary N) is 1. The van der Waals surface area contributed by atoms with Crippen molar-refractivity contribution in [2.75, 3.05) is 0 Å². The second-order valence-corrected chi connectivity index (χ2v) is 2.11. The number of aromatic amines is 1. The molecule has 10 heavy (non-hydrogen) atoms. The number of nitrogens with two attached hydrogens (primary N) is 1. The molecule has 1 aromatic rings. The molecule has 4 nitrogen and oxygen atoms in total. The highest BCUT2D eigenvalue weighted by Gasteiger charge is 1.98. The first-order valence-electron chi connectivity index (χ1n) is 3.01. The van der Waals surface area contributed by atoms with Crippen LogP contribution in [-0.2, 0) is 0 Å².